The van der Waals surface area contributed by atoms with E-state index in [-0.39, 0.29) is 18.9 Å². The Bertz CT molecular complexity index is 635. The van der Waals surface area contributed by atoms with Gasteiger partial charge in [0.25, 0.3) is 0 Å². The Morgan fingerprint density at radius 1 is 1.41 bits per heavy atom. The molecule has 2 aromatic rings. The van der Waals surface area contributed by atoms with Crippen molar-refractivity contribution < 1.29 is 9.90 Å². The van der Waals surface area contributed by atoms with Crippen molar-refractivity contribution in [2.45, 2.75) is 18.9 Å². The maximum atomic E-state index is 10.9. The molecule has 22 heavy (non-hydrogen) atoms. The highest BCUT2D eigenvalue weighted by Crippen LogP contribution is 2.28. The van der Waals surface area contributed by atoms with Crippen LogP contribution in [0, 0.1) is 0 Å². The summed E-state index contributed by atoms with van der Waals surface area (Å²) in [6, 6.07) is 9.27. The Morgan fingerprint density at radius 2 is 2.23 bits per heavy atom. The number of rotatable bonds is 7. The predicted molar refractivity (Wildman–Crippen MR) is 87.1 cm³/mol. The van der Waals surface area contributed by atoms with Gasteiger partial charge in [-0.05, 0) is 35.9 Å². The fourth-order valence-corrected chi connectivity index (χ4v) is 2.36. The number of aliphatic carboxylic acids is 1. The second-order valence-electron chi connectivity index (χ2n) is 4.98. The first-order valence-electron chi connectivity index (χ1n) is 6.94. The smallest absolute Gasteiger partial charge is 0.304 e. The van der Waals surface area contributed by atoms with Gasteiger partial charge in [-0.2, -0.15) is 0 Å². The molecule has 0 spiro atoms. The minimum Gasteiger partial charge on any atom is -0.481 e. The molecule has 0 saturated heterocycles. The number of carboxylic acid groups (broad SMARTS) is 1. The highest BCUT2D eigenvalue weighted by Gasteiger charge is 2.15. The minimum atomic E-state index is -0.865. The zero-order chi connectivity index (χ0) is 15.9. The number of anilines is 1. The summed E-state index contributed by atoms with van der Waals surface area (Å²) in [4.78, 5) is 15.0. The lowest BCUT2D eigenvalue weighted by molar-refractivity contribution is -0.137. The van der Waals surface area contributed by atoms with Crippen molar-refractivity contribution in [3.8, 4) is 0 Å². The number of hydrogen-bond acceptors (Lipinski definition) is 4. The SMILES string of the molecule is NC[C@H](CC(=O)O)c1ccc(Cl)c(NCc2cccnc2)c1. The van der Waals surface area contributed by atoms with E-state index in [1.54, 1.807) is 18.5 Å². The Balaban J connectivity index is 2.14. The van der Waals surface area contributed by atoms with Gasteiger partial charge in [0, 0.05) is 24.9 Å². The predicted octanol–water partition coefficient (Wildman–Crippen LogP) is 2.86. The molecule has 0 saturated carbocycles. The number of nitrogens with two attached hydrogens (primary N) is 1. The molecule has 116 valence electrons. The fraction of sp³-hybridized carbons (Fsp3) is 0.250. The molecule has 2 rings (SSSR count). The zero-order valence-electron chi connectivity index (χ0n) is 12.0. The van der Waals surface area contributed by atoms with Crippen LogP contribution in [0.15, 0.2) is 42.7 Å². The first kappa shape index (κ1) is 16.3. The molecule has 1 atom stereocenters. The quantitative estimate of drug-likeness (QED) is 0.730. The van der Waals surface area contributed by atoms with Gasteiger partial charge in [0.05, 0.1) is 17.1 Å². The van der Waals surface area contributed by atoms with Crippen molar-refractivity contribution in [1.82, 2.24) is 4.98 Å². The van der Waals surface area contributed by atoms with E-state index in [0.717, 1.165) is 16.8 Å². The van der Waals surface area contributed by atoms with Crippen molar-refractivity contribution in [2.24, 2.45) is 5.73 Å². The van der Waals surface area contributed by atoms with E-state index in [1.165, 1.54) is 0 Å². The third-order valence-corrected chi connectivity index (χ3v) is 3.70. The van der Waals surface area contributed by atoms with Gasteiger partial charge in [-0.3, -0.25) is 9.78 Å². The van der Waals surface area contributed by atoms with Gasteiger partial charge in [0.2, 0.25) is 0 Å². The highest BCUT2D eigenvalue weighted by atomic mass is 35.5. The van der Waals surface area contributed by atoms with Crippen LogP contribution < -0.4 is 11.1 Å². The summed E-state index contributed by atoms with van der Waals surface area (Å²) in [6.07, 6.45) is 3.49. The van der Waals surface area contributed by atoms with Crippen LogP contribution in [-0.2, 0) is 11.3 Å². The number of halogens is 1. The van der Waals surface area contributed by atoms with Crippen LogP contribution in [0.25, 0.3) is 0 Å². The Hall–Kier alpha value is -2.11. The molecular weight excluding hydrogens is 302 g/mol. The van der Waals surface area contributed by atoms with Gasteiger partial charge in [0.1, 0.15) is 0 Å². The molecule has 0 aliphatic carbocycles. The molecular formula is C16H18ClN3O2. The normalized spacial score (nSPS) is 11.9. The number of pyridine rings is 1. The molecule has 1 aromatic carbocycles. The van der Waals surface area contributed by atoms with Crippen molar-refractivity contribution in [3.63, 3.8) is 0 Å². The summed E-state index contributed by atoms with van der Waals surface area (Å²) < 4.78 is 0. The molecule has 1 aromatic heterocycles. The van der Waals surface area contributed by atoms with Gasteiger partial charge < -0.3 is 16.2 Å². The number of nitrogens with one attached hydrogen (secondary N) is 1. The summed E-state index contributed by atoms with van der Waals surface area (Å²) in [7, 11) is 0. The van der Waals surface area contributed by atoms with Gasteiger partial charge in [-0.1, -0.05) is 23.7 Å². The molecule has 0 amide bonds. The maximum Gasteiger partial charge on any atom is 0.304 e. The summed E-state index contributed by atoms with van der Waals surface area (Å²) >= 11 is 6.19. The third kappa shape index (κ3) is 4.44. The molecule has 0 aliphatic rings. The Kier molecular flexibility index (Phi) is 5.75. The van der Waals surface area contributed by atoms with Crippen LogP contribution in [0.1, 0.15) is 23.5 Å². The number of nitrogens with zero attached hydrogens (tertiary/aromatic N) is 1. The average Bonchev–Trinajstić information content (AvgIpc) is 2.53. The van der Waals surface area contributed by atoms with Gasteiger partial charge in [0.15, 0.2) is 0 Å². The van der Waals surface area contributed by atoms with E-state index < -0.39 is 5.97 Å². The van der Waals surface area contributed by atoms with Crippen molar-refractivity contribution in [1.29, 1.82) is 0 Å². The molecule has 0 aliphatic heterocycles. The number of aromatic nitrogens is 1. The van der Waals surface area contributed by atoms with E-state index in [2.05, 4.69) is 10.3 Å². The van der Waals surface area contributed by atoms with E-state index >= 15 is 0 Å². The van der Waals surface area contributed by atoms with E-state index in [0.29, 0.717) is 11.6 Å². The van der Waals surface area contributed by atoms with Gasteiger partial charge in [-0.25, -0.2) is 0 Å². The molecule has 1 heterocycles. The van der Waals surface area contributed by atoms with Crippen LogP contribution in [0.5, 0.6) is 0 Å². The molecule has 4 N–H and O–H groups in total. The van der Waals surface area contributed by atoms with Crippen LogP contribution in [0.3, 0.4) is 0 Å². The number of benzene rings is 1. The summed E-state index contributed by atoms with van der Waals surface area (Å²) in [5.74, 6) is -1.09. The topological polar surface area (TPSA) is 88.2 Å². The van der Waals surface area contributed by atoms with Crippen molar-refractivity contribution >= 4 is 23.3 Å². The van der Waals surface area contributed by atoms with Gasteiger partial charge in [-0.15, -0.1) is 0 Å². The Morgan fingerprint density at radius 3 is 2.86 bits per heavy atom. The van der Waals surface area contributed by atoms with E-state index in [9.17, 15) is 4.79 Å². The number of carboxylic acids is 1. The monoisotopic (exact) mass is 319 g/mol. The van der Waals surface area contributed by atoms with Gasteiger partial charge >= 0.3 is 5.97 Å². The zero-order valence-corrected chi connectivity index (χ0v) is 12.8. The molecule has 0 unspecified atom stereocenters. The summed E-state index contributed by atoms with van der Waals surface area (Å²) in [6.45, 7) is 0.860. The van der Waals surface area contributed by atoms with Crippen LogP contribution >= 0.6 is 11.6 Å². The lowest BCUT2D eigenvalue weighted by Crippen LogP contribution is -2.16. The Labute approximate surface area is 134 Å². The molecule has 6 heteroatoms. The second-order valence-corrected chi connectivity index (χ2v) is 5.39. The first-order chi connectivity index (χ1) is 10.6. The average molecular weight is 320 g/mol. The number of carbonyl (C=O) groups is 1. The number of hydrogen-bond donors (Lipinski definition) is 3. The maximum absolute atomic E-state index is 10.9. The van der Waals surface area contributed by atoms with E-state index in [1.807, 2.05) is 24.3 Å². The molecule has 0 fully saturated rings. The molecule has 5 nitrogen and oxygen atoms in total. The standard InChI is InChI=1S/C16H18ClN3O2/c17-14-4-3-12(13(8-18)7-16(21)22)6-15(14)20-10-11-2-1-5-19-9-11/h1-6,9,13,20H,7-8,10,18H2,(H,21,22)/t13-/m0/s1. The fourth-order valence-electron chi connectivity index (χ4n) is 2.18. The van der Waals surface area contributed by atoms with Crippen LogP contribution in [-0.4, -0.2) is 22.6 Å². The van der Waals surface area contributed by atoms with Crippen LogP contribution in [0.2, 0.25) is 5.02 Å². The van der Waals surface area contributed by atoms with Crippen molar-refractivity contribution in [3.05, 3.63) is 58.9 Å². The summed E-state index contributed by atoms with van der Waals surface area (Å²) in [5.41, 5.74) is 8.33. The largest absolute Gasteiger partial charge is 0.481 e. The molecule has 0 radical (unpaired) electrons. The lowest BCUT2D eigenvalue weighted by atomic mass is 9.95. The minimum absolute atomic E-state index is 0.000176. The molecule has 0 bridgehead atoms. The third-order valence-electron chi connectivity index (χ3n) is 3.37. The van der Waals surface area contributed by atoms with Crippen molar-refractivity contribution in [2.75, 3.05) is 11.9 Å². The second kappa shape index (κ2) is 7.77. The van der Waals surface area contributed by atoms with Crippen LogP contribution in [0.4, 0.5) is 5.69 Å². The highest BCUT2D eigenvalue weighted by molar-refractivity contribution is 6.33. The first-order valence-corrected chi connectivity index (χ1v) is 7.32. The lowest BCUT2D eigenvalue weighted by Gasteiger charge is -2.16. The summed E-state index contributed by atoms with van der Waals surface area (Å²) in [5, 5.41) is 12.8. The van der Waals surface area contributed by atoms with E-state index in [4.69, 9.17) is 22.4 Å².